The van der Waals surface area contributed by atoms with Crippen LogP contribution >= 0.6 is 0 Å². The Kier molecular flexibility index (Phi) is 6.60. The fraction of sp³-hybridized carbons (Fsp3) is 0.600. The second-order valence-corrected chi connectivity index (χ2v) is 10.6. The molecule has 0 aromatic carbocycles. The zero-order valence-corrected chi connectivity index (χ0v) is 20.8. The highest BCUT2D eigenvalue weighted by molar-refractivity contribution is 5.94. The van der Waals surface area contributed by atoms with Gasteiger partial charge < -0.3 is 20.1 Å². The highest BCUT2D eigenvalue weighted by Gasteiger charge is 2.57. The van der Waals surface area contributed by atoms with E-state index in [0.29, 0.717) is 32.1 Å². The number of pyridine rings is 1. The maximum absolute atomic E-state index is 14.3. The predicted molar refractivity (Wildman–Crippen MR) is 125 cm³/mol. The first-order valence-corrected chi connectivity index (χ1v) is 12.6. The standard InChI is InChI=1S/C25H29F4N5O4/c1-38-20-9-16(17(26)13-30-20)18-10-19(33-32-18)22(36)34-8-4-14(11-23(34)6-7-23)21(35)31-15-3-2-5-24(37,12-15)25(27,28)29/h9-10,13-15,37H,2-8,11-12H2,1H3,(H,31,35)(H,32,33)/t14-,15+,24-/m0/s1. The van der Waals surface area contributed by atoms with Gasteiger partial charge in [-0.05, 0) is 51.0 Å². The summed E-state index contributed by atoms with van der Waals surface area (Å²) in [5.41, 5.74) is -2.75. The number of methoxy groups -OCH3 is 1. The second kappa shape index (κ2) is 9.51. The van der Waals surface area contributed by atoms with Crippen LogP contribution in [0.15, 0.2) is 18.3 Å². The molecule has 0 bridgehead atoms. The summed E-state index contributed by atoms with van der Waals surface area (Å²) in [6, 6.07) is 2.10. The predicted octanol–water partition coefficient (Wildman–Crippen LogP) is 3.36. The Balaban J connectivity index is 1.23. The number of hydrogen-bond acceptors (Lipinski definition) is 6. The zero-order valence-electron chi connectivity index (χ0n) is 20.8. The molecule has 3 atom stereocenters. The van der Waals surface area contributed by atoms with Crippen LogP contribution in [0, 0.1) is 11.7 Å². The van der Waals surface area contributed by atoms with Gasteiger partial charge in [-0.3, -0.25) is 14.7 Å². The molecule has 5 rings (SSSR count). The number of aliphatic hydroxyl groups is 1. The number of hydrogen-bond donors (Lipinski definition) is 3. The Bertz CT molecular complexity index is 1230. The van der Waals surface area contributed by atoms with Crippen molar-refractivity contribution in [2.45, 2.75) is 74.7 Å². The summed E-state index contributed by atoms with van der Waals surface area (Å²) in [4.78, 5) is 31.8. The van der Waals surface area contributed by atoms with E-state index in [1.807, 2.05) is 0 Å². The van der Waals surface area contributed by atoms with Crippen LogP contribution in [-0.2, 0) is 4.79 Å². The van der Waals surface area contributed by atoms with E-state index in [-0.39, 0.29) is 54.0 Å². The number of piperidine rings is 1. The molecule has 3 fully saturated rings. The van der Waals surface area contributed by atoms with Gasteiger partial charge in [0.2, 0.25) is 11.8 Å². The lowest BCUT2D eigenvalue weighted by Crippen LogP contribution is -2.55. The highest BCUT2D eigenvalue weighted by atomic mass is 19.4. The molecule has 0 unspecified atom stereocenters. The van der Waals surface area contributed by atoms with Crippen molar-refractivity contribution in [2.75, 3.05) is 13.7 Å². The van der Waals surface area contributed by atoms with Gasteiger partial charge in [-0.15, -0.1) is 0 Å². The molecule has 2 amide bonds. The van der Waals surface area contributed by atoms with E-state index < -0.39 is 41.5 Å². The minimum atomic E-state index is -4.75. The molecular weight excluding hydrogens is 510 g/mol. The van der Waals surface area contributed by atoms with Gasteiger partial charge in [-0.1, -0.05) is 0 Å². The summed E-state index contributed by atoms with van der Waals surface area (Å²) < 4.78 is 59.2. The first-order chi connectivity index (χ1) is 17.9. The molecule has 1 spiro atoms. The number of aromatic amines is 1. The largest absolute Gasteiger partial charge is 0.481 e. The third-order valence-corrected chi connectivity index (χ3v) is 8.07. The minimum Gasteiger partial charge on any atom is -0.481 e. The Morgan fingerprint density at radius 2 is 1.97 bits per heavy atom. The summed E-state index contributed by atoms with van der Waals surface area (Å²) in [6.07, 6.45) is -1.97. The molecule has 38 heavy (non-hydrogen) atoms. The van der Waals surface area contributed by atoms with Crippen molar-refractivity contribution in [2.24, 2.45) is 5.92 Å². The number of aromatic nitrogens is 3. The SMILES string of the molecule is COc1cc(-c2cc(C(=O)N3CC[C@H](C(=O)N[C@@H]4CCC[C@@](O)(C(F)(F)F)C4)CC34CC4)n[nH]2)c(F)cn1. The van der Waals surface area contributed by atoms with Crippen molar-refractivity contribution in [3.8, 4) is 17.1 Å². The van der Waals surface area contributed by atoms with Crippen LogP contribution < -0.4 is 10.1 Å². The zero-order chi connectivity index (χ0) is 27.3. The number of likely N-dealkylation sites (tertiary alicyclic amines) is 1. The first kappa shape index (κ1) is 26.4. The molecule has 9 nitrogen and oxygen atoms in total. The van der Waals surface area contributed by atoms with Gasteiger partial charge in [0.1, 0.15) is 0 Å². The molecule has 3 aliphatic rings. The molecule has 13 heteroatoms. The quantitative estimate of drug-likeness (QED) is 0.502. The summed E-state index contributed by atoms with van der Waals surface area (Å²) in [5, 5.41) is 19.5. The van der Waals surface area contributed by atoms with Gasteiger partial charge in [0.15, 0.2) is 17.1 Å². The van der Waals surface area contributed by atoms with Crippen LogP contribution in [0.4, 0.5) is 17.6 Å². The number of amides is 2. The van der Waals surface area contributed by atoms with Gasteiger partial charge in [-0.2, -0.15) is 18.3 Å². The molecule has 3 heterocycles. The first-order valence-electron chi connectivity index (χ1n) is 12.6. The van der Waals surface area contributed by atoms with E-state index in [4.69, 9.17) is 4.74 Å². The maximum atomic E-state index is 14.3. The van der Waals surface area contributed by atoms with Crippen molar-refractivity contribution >= 4 is 11.8 Å². The molecule has 0 radical (unpaired) electrons. The molecule has 2 aromatic heterocycles. The van der Waals surface area contributed by atoms with Crippen molar-refractivity contribution in [1.82, 2.24) is 25.4 Å². The summed E-state index contributed by atoms with van der Waals surface area (Å²) in [7, 11) is 1.41. The lowest BCUT2D eigenvalue weighted by atomic mass is 9.80. The number of alkyl halides is 3. The highest BCUT2D eigenvalue weighted by Crippen LogP contribution is 2.51. The fourth-order valence-electron chi connectivity index (χ4n) is 5.75. The Morgan fingerprint density at radius 1 is 1.21 bits per heavy atom. The van der Waals surface area contributed by atoms with Gasteiger partial charge in [-0.25, -0.2) is 9.37 Å². The lowest BCUT2D eigenvalue weighted by Gasteiger charge is -2.41. The van der Waals surface area contributed by atoms with Gasteiger partial charge in [0, 0.05) is 42.1 Å². The second-order valence-electron chi connectivity index (χ2n) is 10.6. The monoisotopic (exact) mass is 539 g/mol. The van der Waals surface area contributed by atoms with E-state index in [2.05, 4.69) is 20.5 Å². The average molecular weight is 540 g/mol. The normalized spacial score (nSPS) is 26.7. The molecular formula is C25H29F4N5O4. The number of nitrogens with zero attached hydrogens (tertiary/aromatic N) is 3. The molecule has 2 aliphatic carbocycles. The molecule has 1 aliphatic heterocycles. The van der Waals surface area contributed by atoms with Gasteiger partial charge >= 0.3 is 6.18 Å². The number of rotatable bonds is 5. The van der Waals surface area contributed by atoms with Crippen molar-refractivity contribution < 1.29 is 37.0 Å². The van der Waals surface area contributed by atoms with Crippen LogP contribution in [0.2, 0.25) is 0 Å². The average Bonchev–Trinajstić information content (AvgIpc) is 3.44. The van der Waals surface area contributed by atoms with Crippen LogP contribution in [0.1, 0.15) is 61.9 Å². The van der Waals surface area contributed by atoms with E-state index in [0.717, 1.165) is 6.20 Å². The molecule has 2 aromatic rings. The molecule has 206 valence electrons. The number of ether oxygens (including phenoxy) is 1. The minimum absolute atomic E-state index is 0.109. The number of halogens is 4. The summed E-state index contributed by atoms with van der Waals surface area (Å²) >= 11 is 0. The van der Waals surface area contributed by atoms with E-state index >= 15 is 0 Å². The van der Waals surface area contributed by atoms with Crippen molar-refractivity contribution in [1.29, 1.82) is 0 Å². The van der Waals surface area contributed by atoms with E-state index in [1.165, 1.54) is 19.2 Å². The van der Waals surface area contributed by atoms with Crippen molar-refractivity contribution in [3.05, 3.63) is 29.8 Å². The number of carbonyl (C=O) groups excluding carboxylic acids is 2. The maximum Gasteiger partial charge on any atom is 0.417 e. The molecule has 1 saturated heterocycles. The van der Waals surface area contributed by atoms with Gasteiger partial charge in [0.05, 0.1) is 19.0 Å². The van der Waals surface area contributed by atoms with Gasteiger partial charge in [0.25, 0.3) is 5.91 Å². The topological polar surface area (TPSA) is 120 Å². The third-order valence-electron chi connectivity index (χ3n) is 8.07. The number of carbonyl (C=O) groups is 2. The Hall–Kier alpha value is -3.22. The van der Waals surface area contributed by atoms with Crippen LogP contribution in [0.3, 0.4) is 0 Å². The van der Waals surface area contributed by atoms with Crippen LogP contribution in [0.25, 0.3) is 11.3 Å². The van der Waals surface area contributed by atoms with E-state index in [9.17, 15) is 32.3 Å². The molecule has 3 N–H and O–H groups in total. The Labute approximate surface area is 215 Å². The van der Waals surface area contributed by atoms with Crippen LogP contribution in [-0.4, -0.2) is 74.0 Å². The Morgan fingerprint density at radius 3 is 2.66 bits per heavy atom. The number of nitrogens with one attached hydrogen (secondary N) is 2. The summed E-state index contributed by atoms with van der Waals surface area (Å²) in [6.45, 7) is 0.285. The molecule has 2 saturated carbocycles. The lowest BCUT2D eigenvalue weighted by molar-refractivity contribution is -0.271. The van der Waals surface area contributed by atoms with Crippen molar-refractivity contribution in [3.63, 3.8) is 0 Å². The number of H-pyrrole nitrogens is 1. The van der Waals surface area contributed by atoms with Crippen LogP contribution in [0.5, 0.6) is 5.88 Å². The summed E-state index contributed by atoms with van der Waals surface area (Å²) in [5.74, 6) is -1.53. The smallest absolute Gasteiger partial charge is 0.417 e. The third kappa shape index (κ3) is 4.83. The fourth-order valence-corrected chi connectivity index (χ4v) is 5.75. The van der Waals surface area contributed by atoms with E-state index in [1.54, 1.807) is 4.90 Å².